The minimum atomic E-state index is -0.0547. The number of hydrogen-bond acceptors (Lipinski definition) is 5. The molecule has 0 spiro atoms. The van der Waals surface area contributed by atoms with E-state index in [4.69, 9.17) is 21.7 Å². The third-order valence-corrected chi connectivity index (χ3v) is 5.73. The van der Waals surface area contributed by atoms with E-state index >= 15 is 0 Å². The third kappa shape index (κ3) is 5.12. The molecule has 7 heteroatoms. The SMILES string of the molecule is CCN1C(=O)/C(=C/c2ccccc2OCCOc2ccc(Br)cc2)SC1=S. The summed E-state index contributed by atoms with van der Waals surface area (Å²) in [6.45, 7) is 3.31. The van der Waals surface area contributed by atoms with Crippen molar-refractivity contribution >= 4 is 56.2 Å². The fraction of sp³-hybridized carbons (Fsp3) is 0.200. The summed E-state index contributed by atoms with van der Waals surface area (Å²) in [5, 5.41) is 0. The van der Waals surface area contributed by atoms with Gasteiger partial charge in [0.25, 0.3) is 5.91 Å². The topological polar surface area (TPSA) is 38.8 Å². The van der Waals surface area contributed by atoms with E-state index in [1.165, 1.54) is 11.8 Å². The predicted octanol–water partition coefficient (Wildman–Crippen LogP) is 5.13. The van der Waals surface area contributed by atoms with E-state index in [1.807, 2.05) is 61.5 Å². The standard InChI is InChI=1S/C20H18BrNO3S2/c1-2-22-19(23)18(27-20(22)26)13-14-5-3-4-6-17(14)25-12-11-24-16-9-7-15(21)8-10-16/h3-10,13H,2,11-12H2,1H3/b18-13-. The summed E-state index contributed by atoms with van der Waals surface area (Å²) in [5.41, 5.74) is 0.845. The molecule has 2 aromatic carbocycles. The first-order valence-corrected chi connectivity index (χ1v) is 10.5. The average Bonchev–Trinajstić information content (AvgIpc) is 2.94. The zero-order valence-electron chi connectivity index (χ0n) is 14.7. The van der Waals surface area contributed by atoms with Crippen LogP contribution in [0.4, 0.5) is 0 Å². The molecule has 2 aromatic rings. The Morgan fingerprint density at radius 2 is 1.81 bits per heavy atom. The van der Waals surface area contributed by atoms with Crippen molar-refractivity contribution in [3.8, 4) is 11.5 Å². The van der Waals surface area contributed by atoms with E-state index < -0.39 is 0 Å². The van der Waals surface area contributed by atoms with Crippen molar-refractivity contribution < 1.29 is 14.3 Å². The number of thioether (sulfide) groups is 1. The smallest absolute Gasteiger partial charge is 0.266 e. The molecule has 0 unspecified atom stereocenters. The molecule has 0 atom stereocenters. The highest BCUT2D eigenvalue weighted by molar-refractivity contribution is 9.10. The van der Waals surface area contributed by atoms with E-state index in [2.05, 4.69) is 15.9 Å². The Morgan fingerprint density at radius 1 is 1.11 bits per heavy atom. The Labute approximate surface area is 176 Å². The number of halogens is 1. The second-order valence-electron chi connectivity index (χ2n) is 5.61. The summed E-state index contributed by atoms with van der Waals surface area (Å²) in [6.07, 6.45) is 1.83. The summed E-state index contributed by atoms with van der Waals surface area (Å²) in [7, 11) is 0. The molecule has 1 fully saturated rings. The number of carbonyl (C=O) groups excluding carboxylic acids is 1. The Hall–Kier alpha value is -1.83. The molecule has 0 radical (unpaired) electrons. The van der Waals surface area contributed by atoms with E-state index in [1.54, 1.807) is 4.90 Å². The lowest BCUT2D eigenvalue weighted by molar-refractivity contribution is -0.121. The minimum absolute atomic E-state index is 0.0547. The van der Waals surface area contributed by atoms with Crippen LogP contribution in [0.3, 0.4) is 0 Å². The highest BCUT2D eigenvalue weighted by Gasteiger charge is 2.30. The van der Waals surface area contributed by atoms with Gasteiger partial charge in [0.1, 0.15) is 29.0 Å². The number of ether oxygens (including phenoxy) is 2. The molecule has 27 heavy (non-hydrogen) atoms. The molecular weight excluding hydrogens is 446 g/mol. The molecule has 0 aromatic heterocycles. The van der Waals surface area contributed by atoms with Gasteiger partial charge < -0.3 is 9.47 Å². The number of hydrogen-bond donors (Lipinski definition) is 0. The van der Waals surface area contributed by atoms with Crippen molar-refractivity contribution in [3.63, 3.8) is 0 Å². The van der Waals surface area contributed by atoms with Gasteiger partial charge in [-0.25, -0.2) is 0 Å². The molecule has 1 aliphatic heterocycles. The van der Waals surface area contributed by atoms with Gasteiger partial charge in [0.15, 0.2) is 0 Å². The lowest BCUT2D eigenvalue weighted by Gasteiger charge is -2.11. The normalized spacial score (nSPS) is 15.5. The summed E-state index contributed by atoms with van der Waals surface area (Å²) in [4.78, 5) is 14.6. The number of rotatable bonds is 7. The quantitative estimate of drug-likeness (QED) is 0.323. The van der Waals surface area contributed by atoms with Crippen molar-refractivity contribution in [1.82, 2.24) is 4.90 Å². The monoisotopic (exact) mass is 463 g/mol. The Bertz CT molecular complexity index is 868. The van der Waals surface area contributed by atoms with Gasteiger partial charge in [0.2, 0.25) is 0 Å². The summed E-state index contributed by atoms with van der Waals surface area (Å²) >= 11 is 9.98. The third-order valence-electron chi connectivity index (χ3n) is 3.82. The average molecular weight is 464 g/mol. The molecule has 3 rings (SSSR count). The van der Waals surface area contributed by atoms with Crippen LogP contribution in [-0.4, -0.2) is 34.9 Å². The van der Waals surface area contributed by atoms with Crippen LogP contribution in [0.1, 0.15) is 12.5 Å². The highest BCUT2D eigenvalue weighted by Crippen LogP contribution is 2.34. The van der Waals surface area contributed by atoms with Crippen LogP contribution in [-0.2, 0) is 4.79 Å². The van der Waals surface area contributed by atoms with Crippen molar-refractivity contribution in [3.05, 3.63) is 63.5 Å². The van der Waals surface area contributed by atoms with Gasteiger partial charge in [0, 0.05) is 16.6 Å². The molecule has 4 nitrogen and oxygen atoms in total. The zero-order valence-corrected chi connectivity index (χ0v) is 17.9. The molecule has 0 aliphatic carbocycles. The summed E-state index contributed by atoms with van der Waals surface area (Å²) in [6, 6.07) is 15.3. The van der Waals surface area contributed by atoms with Gasteiger partial charge >= 0.3 is 0 Å². The van der Waals surface area contributed by atoms with Gasteiger partial charge in [-0.15, -0.1) is 0 Å². The van der Waals surface area contributed by atoms with Gasteiger partial charge in [-0.1, -0.05) is 58.1 Å². The van der Waals surface area contributed by atoms with Crippen molar-refractivity contribution in [1.29, 1.82) is 0 Å². The Balaban J connectivity index is 1.62. The molecule has 0 bridgehead atoms. The van der Waals surface area contributed by atoms with Crippen LogP contribution in [0.2, 0.25) is 0 Å². The number of nitrogens with zero attached hydrogens (tertiary/aromatic N) is 1. The van der Waals surface area contributed by atoms with Crippen LogP contribution in [0, 0.1) is 0 Å². The van der Waals surface area contributed by atoms with Crippen molar-refractivity contribution in [2.24, 2.45) is 0 Å². The maximum Gasteiger partial charge on any atom is 0.266 e. The van der Waals surface area contributed by atoms with E-state index in [0.29, 0.717) is 34.7 Å². The molecular formula is C20H18BrNO3S2. The van der Waals surface area contributed by atoms with E-state index in [9.17, 15) is 4.79 Å². The summed E-state index contributed by atoms with van der Waals surface area (Å²) < 4.78 is 13.1. The predicted molar refractivity (Wildman–Crippen MR) is 117 cm³/mol. The number of benzene rings is 2. The van der Waals surface area contributed by atoms with Gasteiger partial charge in [-0.05, 0) is 43.3 Å². The maximum atomic E-state index is 12.4. The van der Waals surface area contributed by atoms with E-state index in [-0.39, 0.29) is 5.91 Å². The first kappa shape index (κ1) is 19.9. The second-order valence-corrected chi connectivity index (χ2v) is 8.21. The highest BCUT2D eigenvalue weighted by atomic mass is 79.9. The number of likely N-dealkylation sites (N-methyl/N-ethyl adjacent to an activating group) is 1. The van der Waals surface area contributed by atoms with Gasteiger partial charge in [-0.3, -0.25) is 9.69 Å². The van der Waals surface area contributed by atoms with Crippen LogP contribution >= 0.6 is 39.9 Å². The molecule has 0 saturated carbocycles. The van der Waals surface area contributed by atoms with Crippen LogP contribution in [0.15, 0.2) is 57.9 Å². The van der Waals surface area contributed by atoms with Gasteiger partial charge in [0.05, 0.1) is 4.91 Å². The number of thiocarbonyl (C=S) groups is 1. The number of para-hydroxylation sites is 1. The van der Waals surface area contributed by atoms with Crippen LogP contribution < -0.4 is 9.47 Å². The first-order valence-electron chi connectivity index (χ1n) is 8.44. The van der Waals surface area contributed by atoms with E-state index in [0.717, 1.165) is 15.8 Å². The van der Waals surface area contributed by atoms with Crippen LogP contribution in [0.25, 0.3) is 6.08 Å². The second kappa shape index (κ2) is 9.39. The Kier molecular flexibility index (Phi) is 6.93. The lowest BCUT2D eigenvalue weighted by atomic mass is 10.2. The van der Waals surface area contributed by atoms with Gasteiger partial charge in [-0.2, -0.15) is 0 Å². The molecule has 1 saturated heterocycles. The van der Waals surface area contributed by atoms with Crippen molar-refractivity contribution in [2.75, 3.05) is 19.8 Å². The molecule has 0 N–H and O–H groups in total. The lowest BCUT2D eigenvalue weighted by Crippen LogP contribution is -2.27. The maximum absolute atomic E-state index is 12.4. The largest absolute Gasteiger partial charge is 0.490 e. The van der Waals surface area contributed by atoms with Crippen molar-refractivity contribution in [2.45, 2.75) is 6.92 Å². The number of amides is 1. The summed E-state index contributed by atoms with van der Waals surface area (Å²) in [5.74, 6) is 1.44. The molecule has 1 heterocycles. The van der Waals surface area contributed by atoms with Crippen LogP contribution in [0.5, 0.6) is 11.5 Å². The fourth-order valence-corrected chi connectivity index (χ4v) is 4.13. The molecule has 140 valence electrons. The zero-order chi connectivity index (χ0) is 19.2. The Morgan fingerprint density at radius 3 is 2.52 bits per heavy atom. The number of carbonyl (C=O) groups is 1. The first-order chi connectivity index (χ1) is 13.1. The molecule has 1 amide bonds. The fourth-order valence-electron chi connectivity index (χ4n) is 2.49. The minimum Gasteiger partial charge on any atom is -0.490 e. The molecule has 1 aliphatic rings.